The quantitative estimate of drug-likeness (QED) is 0.0752. The Balaban J connectivity index is 0.000000181. The van der Waals surface area contributed by atoms with Crippen LogP contribution in [-0.2, 0) is 33.7 Å². The van der Waals surface area contributed by atoms with Crippen LogP contribution in [0.1, 0.15) is 203 Å². The van der Waals surface area contributed by atoms with Crippen molar-refractivity contribution >= 4 is 58.5 Å². The largest absolute Gasteiger partial charge is 0.184 e. The van der Waals surface area contributed by atoms with Gasteiger partial charge < -0.3 is 0 Å². The summed E-state index contributed by atoms with van der Waals surface area (Å²) < 4.78 is 0. The van der Waals surface area contributed by atoms with E-state index >= 15 is 0 Å². The van der Waals surface area contributed by atoms with Gasteiger partial charge in [-0.3, -0.25) is 0 Å². The Morgan fingerprint density at radius 2 is 0.889 bits per heavy atom. The van der Waals surface area contributed by atoms with Crippen LogP contribution in [0, 0.1) is 6.07 Å². The summed E-state index contributed by atoms with van der Waals surface area (Å²) in [5.74, 6) is 3.19. The fraction of sp³-hybridized carbons (Fsp3) is 0.382. The van der Waals surface area contributed by atoms with Crippen LogP contribution < -0.4 is 10.4 Å². The second kappa shape index (κ2) is 27.1. The summed E-state index contributed by atoms with van der Waals surface area (Å²) in [5, 5.41) is 8.49. The summed E-state index contributed by atoms with van der Waals surface area (Å²) in [6, 6.07) is 51.9. The normalized spacial score (nSPS) is 11.8. The standard InChI is InChI=1S/2C28H37.C12H7Si.2ClH.Zr/c2*1-8-9-10-21-13-22-11-12-26(20(6)7)28(27(22)14-21)25-16-23(18(2)3)15-24(17-25)19(4)5;1-3-7-11-9(5-1)10-6-2-4-8-12(10)13-11;;;/h2*11-20H,8-10H2,1-7H3;1-7H;2*1H;/q3*-1;;;+2/p-2. The van der Waals surface area contributed by atoms with Gasteiger partial charge in [-0.2, -0.15) is 41.6 Å². The molecular weight excluding hydrogens is 1010 g/mol. The van der Waals surface area contributed by atoms with Crippen LogP contribution in [0.3, 0.4) is 0 Å². The molecule has 9 rings (SSSR count). The van der Waals surface area contributed by atoms with E-state index in [1.807, 2.05) is 6.07 Å². The zero-order valence-electron chi connectivity index (χ0n) is 46.1. The van der Waals surface area contributed by atoms with Crippen molar-refractivity contribution < 1.29 is 20.8 Å². The molecule has 0 aromatic heterocycles. The van der Waals surface area contributed by atoms with E-state index < -0.39 is 20.8 Å². The molecular formula is C68H81Cl2SiZr-3. The van der Waals surface area contributed by atoms with Crippen molar-refractivity contribution in [2.45, 2.75) is 171 Å². The van der Waals surface area contributed by atoms with Crippen LogP contribution in [0.25, 0.3) is 54.9 Å². The van der Waals surface area contributed by atoms with E-state index in [9.17, 15) is 0 Å². The smallest absolute Gasteiger partial charge is 0.0920 e. The van der Waals surface area contributed by atoms with Crippen LogP contribution >= 0.6 is 17.0 Å². The minimum atomic E-state index is -0.826. The Morgan fingerprint density at radius 1 is 0.486 bits per heavy atom. The number of fused-ring (bicyclic) bond motifs is 5. The molecule has 1 aliphatic rings. The first-order valence-corrected chi connectivity index (χ1v) is 34.4. The predicted molar refractivity (Wildman–Crippen MR) is 319 cm³/mol. The summed E-state index contributed by atoms with van der Waals surface area (Å²) >= 11 is -0.826. The van der Waals surface area contributed by atoms with Crippen LogP contribution in [0.2, 0.25) is 0 Å². The van der Waals surface area contributed by atoms with Crippen molar-refractivity contribution in [2.24, 2.45) is 0 Å². The van der Waals surface area contributed by atoms with Gasteiger partial charge in [0.25, 0.3) is 0 Å². The summed E-state index contributed by atoms with van der Waals surface area (Å²) in [5.41, 5.74) is 20.2. The van der Waals surface area contributed by atoms with Gasteiger partial charge in [0.05, 0.1) is 9.52 Å². The molecule has 0 fully saturated rings. The maximum Gasteiger partial charge on any atom is 0.0920 e. The summed E-state index contributed by atoms with van der Waals surface area (Å²) in [6.45, 7) is 32.3. The van der Waals surface area contributed by atoms with Crippen LogP contribution in [0.4, 0.5) is 0 Å². The molecule has 0 saturated carbocycles. The third-order valence-electron chi connectivity index (χ3n) is 14.4. The Bertz CT molecular complexity index is 2740. The SMILES string of the molecule is CCCCc1cc2c(-c3cc(C(C)C)cc(C(C)C)c3)c(C(C)C)ccc2[cH-]1.CCCCc1cc2c(-c3cc(C(C)C)cc(C(C)C)c3)c(C(C)C)ccc2[cH-]1.[Cl][Zr][Cl].[c-]1cccc2c1[Si]c1ccccc1-2. The van der Waals surface area contributed by atoms with Gasteiger partial charge in [-0.15, -0.1) is 74.6 Å². The topological polar surface area (TPSA) is 0 Å². The van der Waals surface area contributed by atoms with Gasteiger partial charge in [-0.25, -0.2) is 0 Å². The van der Waals surface area contributed by atoms with Crippen molar-refractivity contribution in [1.82, 2.24) is 0 Å². The Hall–Kier alpha value is -3.78. The van der Waals surface area contributed by atoms with Gasteiger partial charge in [0.1, 0.15) is 0 Å². The molecule has 0 bridgehead atoms. The summed E-state index contributed by atoms with van der Waals surface area (Å²) in [6.07, 6.45) is 7.40. The van der Waals surface area contributed by atoms with Crippen LogP contribution in [0.15, 0.2) is 127 Å². The molecule has 8 aromatic rings. The molecule has 0 spiro atoms. The number of rotatable bonds is 14. The molecule has 0 nitrogen and oxygen atoms in total. The van der Waals surface area contributed by atoms with Crippen molar-refractivity contribution in [3.8, 4) is 33.4 Å². The molecule has 8 aromatic carbocycles. The van der Waals surface area contributed by atoms with Gasteiger partial charge in [0.2, 0.25) is 0 Å². The zero-order chi connectivity index (χ0) is 52.2. The maximum atomic E-state index is 4.93. The van der Waals surface area contributed by atoms with E-state index in [1.54, 1.807) is 0 Å². The summed E-state index contributed by atoms with van der Waals surface area (Å²) in [4.78, 5) is 0. The maximum absolute atomic E-state index is 4.93. The van der Waals surface area contributed by atoms with Crippen molar-refractivity contribution in [3.63, 3.8) is 0 Å². The number of aryl methyl sites for hydroxylation is 2. The average molecular weight is 1090 g/mol. The number of halogens is 2. The molecule has 0 N–H and O–H groups in total. The van der Waals surface area contributed by atoms with Gasteiger partial charge in [-0.05, 0) is 81.7 Å². The van der Waals surface area contributed by atoms with E-state index in [-0.39, 0.29) is 0 Å². The third-order valence-corrected chi connectivity index (χ3v) is 15.7. The Morgan fingerprint density at radius 3 is 1.28 bits per heavy atom. The van der Waals surface area contributed by atoms with Gasteiger partial charge >= 0.3 is 37.9 Å². The Labute approximate surface area is 458 Å². The average Bonchev–Trinajstić information content (AvgIpc) is 4.09. The number of benzene rings is 6. The number of unbranched alkanes of at least 4 members (excludes halogenated alkanes) is 2. The first-order valence-electron chi connectivity index (χ1n) is 27.1. The molecule has 4 heteroatoms. The van der Waals surface area contributed by atoms with Crippen molar-refractivity contribution in [1.29, 1.82) is 0 Å². The van der Waals surface area contributed by atoms with Gasteiger partial charge in [0.15, 0.2) is 0 Å². The molecule has 0 saturated heterocycles. The predicted octanol–water partition coefficient (Wildman–Crippen LogP) is 20.4. The second-order valence-corrected chi connectivity index (χ2v) is 26.9. The van der Waals surface area contributed by atoms with E-state index in [1.165, 1.54) is 148 Å². The third kappa shape index (κ3) is 14.3. The van der Waals surface area contributed by atoms with Crippen molar-refractivity contribution in [2.75, 3.05) is 0 Å². The number of hydrogen-bond donors (Lipinski definition) is 0. The second-order valence-electron chi connectivity index (χ2n) is 21.9. The number of hydrogen-bond acceptors (Lipinski definition) is 0. The molecule has 0 aliphatic carbocycles. The fourth-order valence-electron chi connectivity index (χ4n) is 10.1. The van der Waals surface area contributed by atoms with Crippen LogP contribution in [0.5, 0.6) is 0 Å². The molecule has 1 heterocycles. The first kappa shape index (κ1) is 57.5. The minimum absolute atomic E-state index is 0.513. The summed E-state index contributed by atoms with van der Waals surface area (Å²) in [7, 11) is 10.7. The van der Waals surface area contributed by atoms with Gasteiger partial charge in [0, 0.05) is 0 Å². The molecule has 378 valence electrons. The van der Waals surface area contributed by atoms with Crippen LogP contribution in [-0.4, -0.2) is 9.52 Å². The molecule has 1 aliphatic heterocycles. The molecule has 2 radical (unpaired) electrons. The fourth-order valence-corrected chi connectivity index (χ4v) is 11.4. The molecule has 0 atom stereocenters. The van der Waals surface area contributed by atoms with Gasteiger partial charge in [-0.1, -0.05) is 216 Å². The Kier molecular flexibility index (Phi) is 21.7. The van der Waals surface area contributed by atoms with E-state index in [4.69, 9.17) is 17.0 Å². The van der Waals surface area contributed by atoms with E-state index in [0.717, 1.165) is 9.52 Å². The monoisotopic (exact) mass is 1090 g/mol. The van der Waals surface area contributed by atoms with E-state index in [2.05, 4.69) is 224 Å². The molecule has 0 amide bonds. The van der Waals surface area contributed by atoms with Crippen molar-refractivity contribution in [3.05, 3.63) is 178 Å². The first-order chi connectivity index (χ1) is 34.5. The minimum Gasteiger partial charge on any atom is -0.184 e. The molecule has 0 unspecified atom stereocenters. The molecule has 72 heavy (non-hydrogen) atoms. The zero-order valence-corrected chi connectivity index (χ0v) is 51.1. The van der Waals surface area contributed by atoms with E-state index in [0.29, 0.717) is 35.5 Å².